The lowest BCUT2D eigenvalue weighted by molar-refractivity contribution is 0.0755. The van der Waals surface area contributed by atoms with Crippen LogP contribution in [-0.2, 0) is 6.42 Å². The van der Waals surface area contributed by atoms with Crippen LogP contribution in [0.2, 0.25) is 0 Å². The van der Waals surface area contributed by atoms with Gasteiger partial charge in [0.25, 0.3) is 0 Å². The summed E-state index contributed by atoms with van der Waals surface area (Å²) < 4.78 is 0. The van der Waals surface area contributed by atoms with Crippen molar-refractivity contribution in [3.05, 3.63) is 21.9 Å². The van der Waals surface area contributed by atoms with Gasteiger partial charge in [-0.3, -0.25) is 4.90 Å². The fourth-order valence-electron chi connectivity index (χ4n) is 2.45. The number of thiophene rings is 1. The van der Waals surface area contributed by atoms with E-state index in [9.17, 15) is 0 Å². The first kappa shape index (κ1) is 11.1. The summed E-state index contributed by atoms with van der Waals surface area (Å²) in [5.41, 5.74) is 7.47. The van der Waals surface area contributed by atoms with Crippen molar-refractivity contribution in [3.8, 4) is 0 Å². The van der Waals surface area contributed by atoms with Crippen LogP contribution in [0.1, 0.15) is 37.3 Å². The Kier molecular flexibility index (Phi) is 2.88. The van der Waals surface area contributed by atoms with Crippen LogP contribution in [0.25, 0.3) is 0 Å². The van der Waals surface area contributed by atoms with E-state index in [0.717, 1.165) is 13.1 Å². The Balaban J connectivity index is 2.27. The zero-order valence-corrected chi connectivity index (χ0v) is 10.6. The predicted molar refractivity (Wildman–Crippen MR) is 66.3 cm³/mol. The Morgan fingerprint density at radius 1 is 1.60 bits per heavy atom. The summed E-state index contributed by atoms with van der Waals surface area (Å²) >= 11 is 1.89. The van der Waals surface area contributed by atoms with Gasteiger partial charge in [-0.1, -0.05) is 0 Å². The normalized spacial score (nSPS) is 22.8. The molecule has 3 heteroatoms. The highest BCUT2D eigenvalue weighted by Crippen LogP contribution is 2.36. The third kappa shape index (κ3) is 1.84. The molecule has 0 radical (unpaired) electrons. The lowest BCUT2D eigenvalue weighted by atomic mass is 9.93. The van der Waals surface area contributed by atoms with E-state index in [-0.39, 0.29) is 5.54 Å². The molecule has 1 aromatic rings. The van der Waals surface area contributed by atoms with Gasteiger partial charge in [-0.2, -0.15) is 0 Å². The molecule has 15 heavy (non-hydrogen) atoms. The Bertz CT molecular complexity index is 343. The van der Waals surface area contributed by atoms with Gasteiger partial charge in [-0.15, -0.1) is 11.3 Å². The second-order valence-electron chi connectivity index (χ2n) is 4.94. The summed E-state index contributed by atoms with van der Waals surface area (Å²) in [6.07, 6.45) is 1.18. The van der Waals surface area contributed by atoms with Crippen LogP contribution in [0.4, 0.5) is 0 Å². The number of rotatable bonds is 2. The van der Waals surface area contributed by atoms with E-state index in [0.29, 0.717) is 6.04 Å². The van der Waals surface area contributed by atoms with Gasteiger partial charge in [0.05, 0.1) is 0 Å². The quantitative estimate of drug-likeness (QED) is 0.836. The smallest absolute Gasteiger partial charge is 0.0336 e. The van der Waals surface area contributed by atoms with Gasteiger partial charge in [-0.05, 0) is 44.2 Å². The molecule has 0 aliphatic carbocycles. The molecule has 0 saturated carbocycles. The second kappa shape index (κ2) is 3.89. The molecule has 1 aliphatic heterocycles. The molecule has 84 valence electrons. The molecule has 0 aromatic carbocycles. The lowest BCUT2D eigenvalue weighted by Crippen LogP contribution is -2.52. The van der Waals surface area contributed by atoms with Crippen molar-refractivity contribution >= 4 is 11.3 Å². The summed E-state index contributed by atoms with van der Waals surface area (Å²) in [5.74, 6) is 0. The highest BCUT2D eigenvalue weighted by atomic mass is 32.1. The summed E-state index contributed by atoms with van der Waals surface area (Å²) in [4.78, 5) is 4.09. The molecule has 2 N–H and O–H groups in total. The molecule has 0 fully saturated rings. The van der Waals surface area contributed by atoms with Crippen molar-refractivity contribution in [1.29, 1.82) is 0 Å². The van der Waals surface area contributed by atoms with Crippen LogP contribution in [0.3, 0.4) is 0 Å². The van der Waals surface area contributed by atoms with Crippen molar-refractivity contribution in [1.82, 2.24) is 4.90 Å². The maximum atomic E-state index is 5.86. The molecule has 1 aromatic heterocycles. The van der Waals surface area contributed by atoms with Crippen molar-refractivity contribution in [2.45, 2.75) is 38.8 Å². The minimum Gasteiger partial charge on any atom is -0.329 e. The second-order valence-corrected chi connectivity index (χ2v) is 5.94. The summed E-state index contributed by atoms with van der Waals surface area (Å²) in [7, 11) is 0. The molecule has 1 unspecified atom stereocenters. The van der Waals surface area contributed by atoms with Crippen molar-refractivity contribution in [3.63, 3.8) is 0 Å². The zero-order chi connectivity index (χ0) is 11.1. The van der Waals surface area contributed by atoms with E-state index >= 15 is 0 Å². The monoisotopic (exact) mass is 224 g/mol. The highest BCUT2D eigenvalue weighted by molar-refractivity contribution is 7.10. The molecule has 2 nitrogen and oxygen atoms in total. The molecular formula is C12H20N2S. The molecule has 0 bridgehead atoms. The Hall–Kier alpha value is -0.380. The van der Waals surface area contributed by atoms with Gasteiger partial charge in [0.2, 0.25) is 0 Å². The molecule has 1 aliphatic rings. The first-order chi connectivity index (χ1) is 7.06. The van der Waals surface area contributed by atoms with E-state index in [1.54, 1.807) is 4.88 Å². The van der Waals surface area contributed by atoms with Gasteiger partial charge >= 0.3 is 0 Å². The largest absolute Gasteiger partial charge is 0.329 e. The van der Waals surface area contributed by atoms with Crippen LogP contribution >= 0.6 is 11.3 Å². The van der Waals surface area contributed by atoms with Crippen molar-refractivity contribution in [2.75, 3.05) is 13.1 Å². The summed E-state index contributed by atoms with van der Waals surface area (Å²) in [5, 5.41) is 2.21. The average Bonchev–Trinajstić information content (AvgIpc) is 2.66. The number of hydrogen-bond donors (Lipinski definition) is 1. The molecule has 0 spiro atoms. The summed E-state index contributed by atoms with van der Waals surface area (Å²) in [6.45, 7) is 8.62. The maximum Gasteiger partial charge on any atom is 0.0336 e. The first-order valence-electron chi connectivity index (χ1n) is 5.59. The fourth-order valence-corrected chi connectivity index (χ4v) is 3.42. The van der Waals surface area contributed by atoms with E-state index < -0.39 is 0 Å². The van der Waals surface area contributed by atoms with Gasteiger partial charge in [-0.25, -0.2) is 0 Å². The van der Waals surface area contributed by atoms with Gasteiger partial charge in [0.1, 0.15) is 0 Å². The average molecular weight is 224 g/mol. The van der Waals surface area contributed by atoms with Gasteiger partial charge in [0.15, 0.2) is 0 Å². The molecule has 2 rings (SSSR count). The molecule has 0 saturated heterocycles. The molecular weight excluding hydrogens is 204 g/mol. The van der Waals surface area contributed by atoms with E-state index in [1.807, 2.05) is 11.3 Å². The number of fused-ring (bicyclic) bond motifs is 1. The minimum atomic E-state index is 0.110. The standard InChI is InChI=1S/C12H20N2S/c1-9-10-5-7-15-11(10)4-6-14(9)12(2,3)8-13/h5,7,9H,4,6,8,13H2,1-3H3. The fraction of sp³-hybridized carbons (Fsp3) is 0.667. The van der Waals surface area contributed by atoms with Crippen LogP contribution in [0, 0.1) is 0 Å². The number of hydrogen-bond acceptors (Lipinski definition) is 3. The number of nitrogens with two attached hydrogens (primary N) is 1. The predicted octanol–water partition coefficient (Wildman–Crippen LogP) is 2.40. The minimum absolute atomic E-state index is 0.110. The maximum absolute atomic E-state index is 5.86. The van der Waals surface area contributed by atoms with Crippen LogP contribution < -0.4 is 5.73 Å². The third-order valence-electron chi connectivity index (χ3n) is 3.55. The first-order valence-corrected chi connectivity index (χ1v) is 6.47. The topological polar surface area (TPSA) is 29.3 Å². The Labute approximate surface area is 96.1 Å². The van der Waals surface area contributed by atoms with Gasteiger partial charge in [0, 0.05) is 29.5 Å². The van der Waals surface area contributed by atoms with Crippen LogP contribution in [0.5, 0.6) is 0 Å². The van der Waals surface area contributed by atoms with E-state index in [1.165, 1.54) is 12.0 Å². The van der Waals surface area contributed by atoms with E-state index in [2.05, 4.69) is 37.1 Å². The Morgan fingerprint density at radius 3 is 3.00 bits per heavy atom. The van der Waals surface area contributed by atoms with Crippen LogP contribution in [-0.4, -0.2) is 23.5 Å². The molecule has 1 atom stereocenters. The van der Waals surface area contributed by atoms with Gasteiger partial charge < -0.3 is 5.73 Å². The lowest BCUT2D eigenvalue weighted by Gasteiger charge is -2.44. The van der Waals surface area contributed by atoms with E-state index in [4.69, 9.17) is 5.73 Å². The summed E-state index contributed by atoms with van der Waals surface area (Å²) in [6, 6.07) is 2.78. The highest BCUT2D eigenvalue weighted by Gasteiger charge is 2.33. The number of nitrogens with zero attached hydrogens (tertiary/aromatic N) is 1. The third-order valence-corrected chi connectivity index (χ3v) is 4.55. The van der Waals surface area contributed by atoms with Crippen LogP contribution in [0.15, 0.2) is 11.4 Å². The van der Waals surface area contributed by atoms with Crippen molar-refractivity contribution in [2.24, 2.45) is 5.73 Å². The SMILES string of the molecule is CC1c2ccsc2CCN1C(C)(C)CN. The molecule has 0 amide bonds. The zero-order valence-electron chi connectivity index (χ0n) is 9.79. The Morgan fingerprint density at radius 2 is 2.33 bits per heavy atom. The van der Waals surface area contributed by atoms with Crippen molar-refractivity contribution < 1.29 is 0 Å². The molecule has 2 heterocycles.